The predicted octanol–water partition coefficient (Wildman–Crippen LogP) is 1.99. The maximum absolute atomic E-state index is 12.4. The molecular weight excluding hydrogens is 390 g/mol. The van der Waals surface area contributed by atoms with Crippen molar-refractivity contribution in [1.29, 1.82) is 0 Å². The Hall–Kier alpha value is -2.85. The molecule has 0 unspecified atom stereocenters. The molecule has 0 amide bonds. The average molecular weight is 411 g/mol. The molecule has 0 aliphatic heterocycles. The van der Waals surface area contributed by atoms with Crippen LogP contribution in [0.2, 0.25) is 0 Å². The van der Waals surface area contributed by atoms with E-state index >= 15 is 0 Å². The third-order valence-electron chi connectivity index (χ3n) is 3.88. The Bertz CT molecular complexity index is 991. The Labute approximate surface area is 162 Å². The van der Waals surface area contributed by atoms with Gasteiger partial charge in [0.25, 0.3) is 0 Å². The fraction of sp³-hybridized carbons (Fsp3) is 0.333. The van der Waals surface area contributed by atoms with E-state index in [0.717, 1.165) is 4.31 Å². The number of carbonyl (C=O) groups is 2. The summed E-state index contributed by atoms with van der Waals surface area (Å²) < 4.78 is 46.1. The van der Waals surface area contributed by atoms with Gasteiger partial charge < -0.3 is 18.6 Å². The van der Waals surface area contributed by atoms with Crippen molar-refractivity contribution in [2.24, 2.45) is 0 Å². The van der Waals surface area contributed by atoms with E-state index in [9.17, 15) is 18.0 Å². The molecule has 0 fully saturated rings. The van der Waals surface area contributed by atoms with Gasteiger partial charge in [-0.05, 0) is 31.2 Å². The van der Waals surface area contributed by atoms with Crippen LogP contribution in [0.3, 0.4) is 0 Å². The molecule has 0 atom stereocenters. The number of hydrogen-bond donors (Lipinski definition) is 0. The number of ether oxygens (including phenoxy) is 3. The smallest absolute Gasteiger partial charge is 0.341 e. The maximum atomic E-state index is 12.4. The molecule has 0 bridgehead atoms. The van der Waals surface area contributed by atoms with E-state index in [2.05, 4.69) is 4.74 Å². The van der Waals surface area contributed by atoms with Crippen LogP contribution in [0.25, 0.3) is 0 Å². The van der Waals surface area contributed by atoms with Crippen LogP contribution in [-0.4, -0.2) is 53.0 Å². The summed E-state index contributed by atoms with van der Waals surface area (Å²) in [5.74, 6) is -0.628. The molecule has 9 nitrogen and oxygen atoms in total. The minimum atomic E-state index is -3.83. The Balaban J connectivity index is 2.23. The molecule has 0 saturated heterocycles. The molecule has 0 saturated carbocycles. The van der Waals surface area contributed by atoms with Gasteiger partial charge in [0.1, 0.15) is 34.3 Å². The SMILES string of the molecule is COC(=O)c1cc(COC(=O)c2ccc(OC)c(S(=O)(=O)N(C)C)c2)oc1C. The lowest BCUT2D eigenvalue weighted by molar-refractivity contribution is 0.0443. The standard InChI is InChI=1S/C18H21NO8S/c1-11-14(18(21)25-5)9-13(27-11)10-26-17(20)12-6-7-15(24-4)16(8-12)28(22,23)19(2)3/h6-9H,10H2,1-5H3. The Morgan fingerprint density at radius 2 is 1.79 bits per heavy atom. The molecule has 2 rings (SSSR count). The number of esters is 2. The summed E-state index contributed by atoms with van der Waals surface area (Å²) in [4.78, 5) is 23.8. The summed E-state index contributed by atoms with van der Waals surface area (Å²) >= 11 is 0. The summed E-state index contributed by atoms with van der Waals surface area (Å²) in [6.45, 7) is 1.35. The van der Waals surface area contributed by atoms with Crippen molar-refractivity contribution in [2.75, 3.05) is 28.3 Å². The minimum absolute atomic E-state index is 0.0256. The molecular formula is C18H21NO8S. The van der Waals surface area contributed by atoms with Crippen LogP contribution in [0.4, 0.5) is 0 Å². The monoisotopic (exact) mass is 411 g/mol. The van der Waals surface area contributed by atoms with Gasteiger partial charge in [-0.2, -0.15) is 0 Å². The Morgan fingerprint density at radius 3 is 2.36 bits per heavy atom. The highest BCUT2D eigenvalue weighted by atomic mass is 32.2. The van der Waals surface area contributed by atoms with E-state index in [1.165, 1.54) is 52.6 Å². The largest absolute Gasteiger partial charge is 0.495 e. The van der Waals surface area contributed by atoms with Gasteiger partial charge in [0.15, 0.2) is 0 Å². The zero-order valence-corrected chi connectivity index (χ0v) is 17.0. The second-order valence-electron chi connectivity index (χ2n) is 5.90. The zero-order chi connectivity index (χ0) is 21.1. The summed E-state index contributed by atoms with van der Waals surface area (Å²) in [5.41, 5.74) is 0.259. The van der Waals surface area contributed by atoms with Gasteiger partial charge in [-0.1, -0.05) is 0 Å². The number of aryl methyl sites for hydroxylation is 1. The second kappa shape index (κ2) is 8.44. The lowest BCUT2D eigenvalue weighted by atomic mass is 10.2. The number of methoxy groups -OCH3 is 2. The fourth-order valence-corrected chi connectivity index (χ4v) is 3.42. The highest BCUT2D eigenvalue weighted by Crippen LogP contribution is 2.27. The second-order valence-corrected chi connectivity index (χ2v) is 8.02. The number of sulfonamides is 1. The zero-order valence-electron chi connectivity index (χ0n) is 16.1. The van der Waals surface area contributed by atoms with Crippen molar-refractivity contribution in [2.45, 2.75) is 18.4 Å². The van der Waals surface area contributed by atoms with Gasteiger partial charge >= 0.3 is 11.9 Å². The van der Waals surface area contributed by atoms with E-state index in [-0.39, 0.29) is 34.1 Å². The van der Waals surface area contributed by atoms with Gasteiger partial charge in [-0.3, -0.25) is 0 Å². The summed E-state index contributed by atoms with van der Waals surface area (Å²) in [6, 6.07) is 5.37. The molecule has 2 aromatic rings. The molecule has 0 radical (unpaired) electrons. The number of furan rings is 1. The van der Waals surface area contributed by atoms with Gasteiger partial charge in [0, 0.05) is 14.1 Å². The van der Waals surface area contributed by atoms with E-state index in [4.69, 9.17) is 13.9 Å². The van der Waals surface area contributed by atoms with E-state index in [1.807, 2.05) is 0 Å². The lowest BCUT2D eigenvalue weighted by Crippen LogP contribution is -2.23. The van der Waals surface area contributed by atoms with Crippen molar-refractivity contribution in [1.82, 2.24) is 4.31 Å². The number of carbonyl (C=O) groups excluding carboxylic acids is 2. The summed E-state index contributed by atoms with van der Waals surface area (Å²) in [5, 5.41) is 0. The van der Waals surface area contributed by atoms with Crippen LogP contribution in [0.15, 0.2) is 33.6 Å². The molecule has 0 N–H and O–H groups in total. The Morgan fingerprint density at radius 1 is 1.11 bits per heavy atom. The molecule has 28 heavy (non-hydrogen) atoms. The van der Waals surface area contributed by atoms with Gasteiger partial charge in [-0.25, -0.2) is 22.3 Å². The number of benzene rings is 1. The molecule has 152 valence electrons. The van der Waals surface area contributed by atoms with Gasteiger partial charge in [0.05, 0.1) is 19.8 Å². The van der Waals surface area contributed by atoms with Crippen LogP contribution < -0.4 is 4.74 Å². The highest BCUT2D eigenvalue weighted by Gasteiger charge is 2.24. The first kappa shape index (κ1) is 21.5. The van der Waals surface area contributed by atoms with Crippen molar-refractivity contribution in [3.63, 3.8) is 0 Å². The van der Waals surface area contributed by atoms with Crippen molar-refractivity contribution in [3.8, 4) is 5.75 Å². The van der Waals surface area contributed by atoms with Crippen LogP contribution in [0, 0.1) is 6.92 Å². The normalized spacial score (nSPS) is 11.4. The number of hydrogen-bond acceptors (Lipinski definition) is 8. The predicted molar refractivity (Wildman–Crippen MR) is 97.8 cm³/mol. The molecule has 0 aliphatic carbocycles. The number of rotatable bonds is 7. The van der Waals surface area contributed by atoms with E-state index in [1.54, 1.807) is 6.92 Å². The average Bonchev–Trinajstić information content (AvgIpc) is 3.05. The first-order valence-corrected chi connectivity index (χ1v) is 9.51. The molecule has 1 aromatic heterocycles. The third-order valence-corrected chi connectivity index (χ3v) is 5.71. The number of nitrogens with zero attached hydrogens (tertiary/aromatic N) is 1. The van der Waals surface area contributed by atoms with Gasteiger partial charge in [0.2, 0.25) is 10.0 Å². The van der Waals surface area contributed by atoms with Crippen molar-refractivity contribution >= 4 is 22.0 Å². The van der Waals surface area contributed by atoms with Crippen molar-refractivity contribution < 1.29 is 36.6 Å². The summed E-state index contributed by atoms with van der Waals surface area (Å²) in [7, 11) is 1.50. The van der Waals surface area contributed by atoms with E-state index in [0.29, 0.717) is 5.76 Å². The topological polar surface area (TPSA) is 112 Å². The lowest BCUT2D eigenvalue weighted by Gasteiger charge is -2.15. The van der Waals surface area contributed by atoms with Crippen LogP contribution >= 0.6 is 0 Å². The van der Waals surface area contributed by atoms with Crippen LogP contribution in [0.5, 0.6) is 5.75 Å². The molecule has 0 spiro atoms. The maximum Gasteiger partial charge on any atom is 0.341 e. The highest BCUT2D eigenvalue weighted by molar-refractivity contribution is 7.89. The quantitative estimate of drug-likeness (QED) is 0.636. The first-order valence-electron chi connectivity index (χ1n) is 8.07. The van der Waals surface area contributed by atoms with Crippen LogP contribution in [-0.2, 0) is 26.1 Å². The minimum Gasteiger partial charge on any atom is -0.495 e. The molecule has 0 aliphatic rings. The first-order chi connectivity index (χ1) is 13.1. The summed E-state index contributed by atoms with van der Waals surface area (Å²) in [6.07, 6.45) is 0. The van der Waals surface area contributed by atoms with E-state index < -0.39 is 22.0 Å². The van der Waals surface area contributed by atoms with Gasteiger partial charge in [-0.15, -0.1) is 0 Å². The molecule has 1 heterocycles. The molecule has 10 heteroatoms. The third kappa shape index (κ3) is 4.34. The fourth-order valence-electron chi connectivity index (χ4n) is 2.35. The molecule has 1 aromatic carbocycles. The van der Waals surface area contributed by atoms with Crippen LogP contribution in [0.1, 0.15) is 32.2 Å². The Kier molecular flexibility index (Phi) is 6.47. The van der Waals surface area contributed by atoms with Crippen molar-refractivity contribution in [3.05, 3.63) is 46.9 Å².